The van der Waals surface area contributed by atoms with Gasteiger partial charge in [0.15, 0.2) is 48.2 Å². The van der Waals surface area contributed by atoms with Crippen LogP contribution in [0.1, 0.15) is 60.1 Å². The van der Waals surface area contributed by atoms with E-state index < -0.39 is 5.97 Å². The van der Waals surface area contributed by atoms with Gasteiger partial charge in [0.05, 0.1) is 96.0 Å². The first-order chi connectivity index (χ1) is 70.7. The SMILES string of the molecule is CCN1C(=O)/C(=C2\Sc3c(F)cccc3N2C)SC1=Nc1ccccc1.CCN1C(=O)/C(=C2\Sc3ccccc3N2C)SC1=Nc1cc[n+](C)cc1.CCn1c(=O)/c(=C2\Sc3cc(C)ccc3N2C)s/c1=C\c1scc[n+]1Cc1ccccc1.CCn1c(=O)/c(=C2\Sc3cc(Cl)ccc3N2C)s/c1=C\c1scc[n+]1Cc1ccccc1F.COC(=O)Cn1c(=O)/c(=C2\Sc3cc(F)ccc3N2C)s/c1=C\c1ccccn1.[Cl-].[Cl-]. The second-order valence-electron chi connectivity index (χ2n) is 33.3. The Balaban J connectivity index is 0.000000132. The monoisotopic (exact) mass is 2260 g/mol. The van der Waals surface area contributed by atoms with Crippen molar-refractivity contribution in [2.45, 2.75) is 91.8 Å². The molecule has 758 valence electrons. The fourth-order valence-electron chi connectivity index (χ4n) is 16.3. The van der Waals surface area contributed by atoms with Gasteiger partial charge in [-0.2, -0.15) is 9.13 Å². The van der Waals surface area contributed by atoms with Crippen LogP contribution >= 0.6 is 151 Å². The van der Waals surface area contributed by atoms with Crippen molar-refractivity contribution in [1.29, 1.82) is 0 Å². The number of thioether (sulfide) groups is 7. The van der Waals surface area contributed by atoms with Gasteiger partial charge in [-0.05, 0) is 179 Å². The molecule has 22 rings (SSSR count). The highest BCUT2D eigenvalue weighted by Gasteiger charge is 2.42. The number of rotatable bonds is 15. The molecule has 41 heteroatoms. The van der Waals surface area contributed by atoms with E-state index in [-0.39, 0.29) is 77.3 Å². The number of para-hydroxylation sites is 2. The van der Waals surface area contributed by atoms with Crippen LogP contribution in [0.15, 0.2) is 323 Å². The number of anilines is 5. The molecule has 2 fully saturated rings. The molecule has 8 aromatic carbocycles. The molecule has 0 atom stereocenters. The van der Waals surface area contributed by atoms with Crippen LogP contribution < -0.4 is 107 Å². The lowest BCUT2D eigenvalue weighted by Gasteiger charge is -2.15. The topological polar surface area (TPSA) is 198 Å². The fraction of sp³-hybridized carbons (Fsp3) is 0.178. The maximum Gasteiger partial charge on any atom is 0.325 e. The highest BCUT2D eigenvalue weighted by atomic mass is 35.5. The number of fused-ring (bicyclic) bond motifs is 5. The molecule has 0 aliphatic carbocycles. The standard InChI is InChI=1S/C25H24N3OS3.C24H20ClFN3OS3.C20H16FN3O3S2.C19H16FN3OS2.C19H19N4OS2.2ClH/c1-4-28-22(15-21-27(12-13-30-21)16-18-8-6-5-7-9-18)32-23(24(28)29)25-26(3)19-11-10-17(2)14-20(19)31-25;1-3-29-21(13-20-28(10-11-31-20)14-15-6-4-5-7-17(15)26)33-22(23(29)30)24-27(2)18-9-8-16(25)12-19(18)32-24;1-23-14-7-6-12(21)9-15(14)28-20(23)18-19(26)24(11-17(25)27-2)16(29-18)10-13-5-3-4-8-22-13;1-3-23-17(24)16(26-19(23)21-12-8-5-4-6-9-12)18-22(2)14-11-7-10-13(20)15(14)25-18;1-4-23-17(24)16(18-22(3)14-7-5-6-8-15(14)25-18)26-19(23)20-13-9-11-21(2)12-10-13;;/h5-15H,4,16H2,1-3H3;4-13H,3,14H2,1-2H3;3-10H,11H2,1-2H3;4-11H,3H2,1-2H3;5-12H,4H2,1-3H3;2*1H/q2*+1;;;+1;;/p-2/b25-23+;24-22+;16-10-,20-18+;18-16+,21-19?;18-16+;;. The van der Waals surface area contributed by atoms with Crippen LogP contribution in [0.4, 0.5) is 53.0 Å². The number of aliphatic imine (C=N–C) groups is 2. The Morgan fingerprint density at radius 2 is 0.905 bits per heavy atom. The molecule has 0 unspecified atom stereocenters. The van der Waals surface area contributed by atoms with E-state index in [4.69, 9.17) is 21.3 Å². The fourth-order valence-corrected chi connectivity index (χ4v) is 30.5. The second kappa shape index (κ2) is 48.4. The van der Waals surface area contributed by atoms with Gasteiger partial charge < -0.3 is 54.1 Å². The Morgan fingerprint density at radius 1 is 0.446 bits per heavy atom. The van der Waals surface area contributed by atoms with E-state index in [1.807, 2.05) is 220 Å². The number of methoxy groups -OCH3 is 1. The number of nitrogens with zero attached hydrogens (tertiary/aromatic N) is 16. The first-order valence-corrected chi connectivity index (χ1v) is 56.3. The van der Waals surface area contributed by atoms with Crippen molar-refractivity contribution in [3.05, 3.63) is 387 Å². The number of thiazole rings is 5. The number of esters is 1. The van der Waals surface area contributed by atoms with Crippen molar-refractivity contribution in [2.24, 2.45) is 17.0 Å². The van der Waals surface area contributed by atoms with Crippen molar-refractivity contribution in [2.75, 3.05) is 79.9 Å². The molecule has 2 amide bonds. The lowest BCUT2D eigenvalue weighted by atomic mass is 10.2. The molecule has 0 N–H and O–H groups in total. The Kier molecular flexibility index (Phi) is 35.6. The second-order valence-corrected chi connectivity index (χ2v) is 45.7. The molecule has 148 heavy (non-hydrogen) atoms. The van der Waals surface area contributed by atoms with E-state index in [1.54, 1.807) is 126 Å². The molecule has 0 spiro atoms. The average molecular weight is 2270 g/mol. The Hall–Kier alpha value is -11.8. The summed E-state index contributed by atoms with van der Waals surface area (Å²) in [5.74, 6) is -1.40. The number of carbonyl (C=O) groups excluding carboxylic acids is 3. The summed E-state index contributed by atoms with van der Waals surface area (Å²) in [4.78, 5) is 111. The van der Waals surface area contributed by atoms with Crippen LogP contribution in [-0.2, 0) is 58.9 Å². The minimum Gasteiger partial charge on any atom is -1.00 e. The zero-order chi connectivity index (χ0) is 102. The number of likely N-dealkylation sites (N-methyl/N-ethyl adjacent to an activating group) is 2. The molecule has 0 saturated carbocycles. The number of halogens is 6. The third kappa shape index (κ3) is 23.4. The summed E-state index contributed by atoms with van der Waals surface area (Å²) in [5, 5.41) is 12.6. The van der Waals surface area contributed by atoms with E-state index in [0.29, 0.717) is 82.7 Å². The molecule has 7 aromatic heterocycles. The van der Waals surface area contributed by atoms with Crippen molar-refractivity contribution < 1.29 is 70.8 Å². The molecule has 7 aliphatic rings. The van der Waals surface area contributed by atoms with Crippen molar-refractivity contribution in [3.63, 3.8) is 0 Å². The predicted octanol–water partition coefficient (Wildman–Crippen LogP) is 12.1. The van der Waals surface area contributed by atoms with E-state index in [2.05, 4.69) is 115 Å². The highest BCUT2D eigenvalue weighted by molar-refractivity contribution is 8.20. The molecule has 0 radical (unpaired) electrons. The lowest BCUT2D eigenvalue weighted by Crippen LogP contribution is -3.00. The molecule has 2 saturated heterocycles. The number of pyridine rings is 2. The van der Waals surface area contributed by atoms with Gasteiger partial charge in [0.2, 0.25) is 0 Å². The summed E-state index contributed by atoms with van der Waals surface area (Å²) in [7, 11) is 13.0. The quantitative estimate of drug-likeness (QED) is 0.0533. The largest absolute Gasteiger partial charge is 1.00 e. The van der Waals surface area contributed by atoms with Gasteiger partial charge in [0.1, 0.15) is 83.5 Å². The molecule has 23 nitrogen and oxygen atoms in total. The van der Waals surface area contributed by atoms with E-state index >= 15 is 0 Å². The van der Waals surface area contributed by atoms with E-state index in [1.165, 1.54) is 127 Å². The predicted molar refractivity (Wildman–Crippen MR) is 598 cm³/mol. The summed E-state index contributed by atoms with van der Waals surface area (Å²) in [5.41, 5.74) is 10.2. The van der Waals surface area contributed by atoms with Crippen molar-refractivity contribution >= 4 is 252 Å². The van der Waals surface area contributed by atoms with Crippen LogP contribution in [0.25, 0.3) is 33.3 Å². The number of amides is 2. The van der Waals surface area contributed by atoms with E-state index in [9.17, 15) is 41.9 Å². The summed E-state index contributed by atoms with van der Waals surface area (Å²) in [6, 6.07) is 66.1. The minimum absolute atomic E-state index is 0. The van der Waals surface area contributed by atoms with Crippen LogP contribution in [0.2, 0.25) is 5.02 Å². The number of hydrogen-bond acceptors (Lipinski definition) is 27. The van der Waals surface area contributed by atoms with Gasteiger partial charge in [0.25, 0.3) is 38.5 Å². The zero-order valence-electron chi connectivity index (χ0n) is 81.6. The molecule has 14 heterocycles. The molecule has 15 aromatic rings. The van der Waals surface area contributed by atoms with Gasteiger partial charge in [-0.15, -0.1) is 34.0 Å². The summed E-state index contributed by atoms with van der Waals surface area (Å²) >= 11 is 24.1. The Morgan fingerprint density at radius 3 is 1.45 bits per heavy atom. The maximum atomic E-state index is 14.2. The van der Waals surface area contributed by atoms with Crippen LogP contribution in [-0.4, -0.2) is 112 Å². The number of aromatic nitrogens is 7. The van der Waals surface area contributed by atoms with Gasteiger partial charge in [-0.3, -0.25) is 57.3 Å². The third-order valence-electron chi connectivity index (χ3n) is 23.9. The number of aryl methyl sites for hydroxylation is 2. The number of ether oxygens (including phenoxy) is 1. The van der Waals surface area contributed by atoms with Crippen LogP contribution in [0.3, 0.4) is 0 Å². The first-order valence-electron chi connectivity index (χ1n) is 46.0. The number of benzene rings is 8. The molecular formula is C107H95Cl3F3N16O7S12+. The summed E-state index contributed by atoms with van der Waals surface area (Å²) in [6.45, 7) is 13.4. The Bertz CT molecular complexity index is 8390. The first kappa shape index (κ1) is 109. The molecule has 0 bridgehead atoms. The van der Waals surface area contributed by atoms with Crippen LogP contribution in [0.5, 0.6) is 0 Å². The van der Waals surface area contributed by atoms with Crippen molar-refractivity contribution in [1.82, 2.24) is 28.5 Å². The molecule has 7 aliphatic heterocycles. The number of amidine groups is 2. The smallest absolute Gasteiger partial charge is 0.325 e. The minimum atomic E-state index is -0.519. The highest BCUT2D eigenvalue weighted by Crippen LogP contribution is 2.54. The average Bonchev–Trinajstić information content (AvgIpc) is 1.63. The molecular weight excluding hydrogens is 2170 g/mol. The summed E-state index contributed by atoms with van der Waals surface area (Å²) < 4.78 is 62.4. The lowest BCUT2D eigenvalue weighted by molar-refractivity contribution is -0.685. The van der Waals surface area contributed by atoms with E-state index in [0.717, 1.165) is 110 Å². The van der Waals surface area contributed by atoms with Gasteiger partial charge >= 0.3 is 5.97 Å². The van der Waals surface area contributed by atoms with Gasteiger partial charge in [-0.1, -0.05) is 184 Å². The van der Waals surface area contributed by atoms with Crippen LogP contribution in [0, 0.1) is 24.4 Å². The number of hydrogen-bond donors (Lipinski definition) is 0. The van der Waals surface area contributed by atoms with Gasteiger partial charge in [0, 0.05) is 110 Å². The van der Waals surface area contributed by atoms with Crippen molar-refractivity contribution in [3.8, 4) is 0 Å². The third-order valence-corrected chi connectivity index (χ3v) is 38.1. The summed E-state index contributed by atoms with van der Waals surface area (Å²) in [6.07, 6.45) is 15.6. The maximum absolute atomic E-state index is 14.2. The Labute approximate surface area is 918 Å². The number of carbonyl (C=O) groups is 3. The van der Waals surface area contributed by atoms with Gasteiger partial charge in [-0.25, -0.2) is 27.7 Å². The normalized spacial score (nSPS) is 17.2. The zero-order valence-corrected chi connectivity index (χ0v) is 93.7.